The maximum atomic E-state index is 7.58. The van der Waals surface area contributed by atoms with Crippen molar-refractivity contribution in [2.45, 2.75) is 70.9 Å². The second kappa shape index (κ2) is 16.7. The number of nitrogens with two attached hydrogens (primary N) is 1. The molecule has 3 aromatic heterocycles. The summed E-state index contributed by atoms with van der Waals surface area (Å²) in [5.74, 6) is 3.58. The van der Waals surface area contributed by atoms with Crippen LogP contribution in [0.25, 0.3) is 27.7 Å². The highest BCUT2D eigenvalue weighted by Crippen LogP contribution is 2.43. The van der Waals surface area contributed by atoms with Gasteiger partial charge in [0.2, 0.25) is 0 Å². The SMILES string of the molecule is CN=C1Nc2c(c(-c3ccc4ncc(OCc5ccc(OC)cc5)cc4c3)cn2-c2ccccc2C)C(N)(Cc2cncc(OCCCO[Si](C)(C)C(C)(C)C)c2)N1. The number of ether oxygens (including phenoxy) is 3. The summed E-state index contributed by atoms with van der Waals surface area (Å²) in [7, 11) is 1.59. The van der Waals surface area contributed by atoms with Crippen molar-refractivity contribution >= 4 is 31.0 Å². The Labute approximate surface area is 342 Å². The van der Waals surface area contributed by atoms with Crippen molar-refractivity contribution in [3.63, 3.8) is 0 Å². The number of hydrogen-bond donors (Lipinski definition) is 3. The molecule has 7 rings (SSSR count). The van der Waals surface area contributed by atoms with Gasteiger partial charge in [-0.25, -0.2) is 0 Å². The first-order valence-corrected chi connectivity index (χ1v) is 22.7. The molecule has 0 radical (unpaired) electrons. The minimum atomic E-state index is -1.82. The van der Waals surface area contributed by atoms with E-state index in [1.807, 2.05) is 60.8 Å². The van der Waals surface area contributed by atoms with E-state index in [2.05, 4.69) is 96.4 Å². The molecule has 0 aliphatic carbocycles. The van der Waals surface area contributed by atoms with E-state index in [4.69, 9.17) is 29.4 Å². The molecule has 0 saturated heterocycles. The summed E-state index contributed by atoms with van der Waals surface area (Å²) in [6.45, 7) is 15.0. The third-order valence-electron chi connectivity index (χ3n) is 11.2. The van der Waals surface area contributed by atoms with Gasteiger partial charge in [-0.15, -0.1) is 0 Å². The maximum absolute atomic E-state index is 7.58. The summed E-state index contributed by atoms with van der Waals surface area (Å²) < 4.78 is 26.2. The fourth-order valence-electron chi connectivity index (χ4n) is 6.99. The number of guanidine groups is 1. The molecule has 0 spiro atoms. The highest BCUT2D eigenvalue weighted by atomic mass is 28.4. The minimum Gasteiger partial charge on any atom is -0.497 e. The van der Waals surface area contributed by atoms with Gasteiger partial charge in [0.15, 0.2) is 14.3 Å². The Bertz CT molecular complexity index is 2420. The van der Waals surface area contributed by atoms with Gasteiger partial charge in [0, 0.05) is 61.1 Å². The predicted octanol–water partition coefficient (Wildman–Crippen LogP) is 9.13. The second-order valence-electron chi connectivity index (χ2n) is 16.4. The Morgan fingerprint density at radius 1 is 0.879 bits per heavy atom. The first-order valence-electron chi connectivity index (χ1n) is 19.8. The number of pyridine rings is 2. The molecule has 3 aromatic carbocycles. The standard InChI is InChI=1S/C46H55N7O4Si/c1-31-12-9-10-13-41(31)53-29-39(34-16-19-40-35(23-34)24-38(28-50-40)56-30-32-14-17-36(54-6)18-15-32)42-43(53)51-44(48-5)52-46(42,47)25-33-22-37(27-49-26-33)55-20-11-21-57-58(7,8)45(2,3)4/h9-10,12-19,22-24,26-29H,11,20-21,25,30,47H2,1-8H3,(H2,48,51,52). The zero-order chi connectivity index (χ0) is 41.1. The van der Waals surface area contributed by atoms with Crippen molar-refractivity contribution in [2.75, 3.05) is 32.7 Å². The summed E-state index contributed by atoms with van der Waals surface area (Å²) in [6.07, 6.45) is 8.72. The minimum absolute atomic E-state index is 0.165. The van der Waals surface area contributed by atoms with Gasteiger partial charge in [0.1, 0.15) is 35.3 Å². The Morgan fingerprint density at radius 2 is 1.66 bits per heavy atom. The lowest BCUT2D eigenvalue weighted by molar-refractivity contribution is 0.233. The molecule has 0 saturated carbocycles. The zero-order valence-electron chi connectivity index (χ0n) is 34.8. The van der Waals surface area contributed by atoms with Gasteiger partial charge in [0.05, 0.1) is 31.6 Å². The van der Waals surface area contributed by atoms with Gasteiger partial charge in [-0.2, -0.15) is 0 Å². The van der Waals surface area contributed by atoms with Crippen LogP contribution >= 0.6 is 0 Å². The summed E-state index contributed by atoms with van der Waals surface area (Å²) in [5, 5.41) is 8.22. The highest BCUT2D eigenvalue weighted by molar-refractivity contribution is 6.74. The number of anilines is 1. The van der Waals surface area contributed by atoms with E-state index < -0.39 is 14.0 Å². The Hall–Kier alpha value is -5.69. The van der Waals surface area contributed by atoms with Crippen molar-refractivity contribution in [1.82, 2.24) is 19.9 Å². The van der Waals surface area contributed by atoms with Crippen LogP contribution in [-0.2, 0) is 23.1 Å². The van der Waals surface area contributed by atoms with Crippen LogP contribution in [0, 0.1) is 6.92 Å². The van der Waals surface area contributed by atoms with Crippen LogP contribution in [0.4, 0.5) is 5.82 Å². The zero-order valence-corrected chi connectivity index (χ0v) is 35.8. The molecule has 1 unspecified atom stereocenters. The number of fused-ring (bicyclic) bond motifs is 2. The molecule has 1 aliphatic heterocycles. The van der Waals surface area contributed by atoms with Crippen molar-refractivity contribution < 1.29 is 18.6 Å². The molecule has 6 aromatic rings. The van der Waals surface area contributed by atoms with Gasteiger partial charge < -0.3 is 39.6 Å². The number of hydrogen-bond acceptors (Lipinski definition) is 8. The van der Waals surface area contributed by atoms with E-state index in [-0.39, 0.29) is 5.04 Å². The molecule has 12 heteroatoms. The highest BCUT2D eigenvalue weighted by Gasteiger charge is 2.41. The lowest BCUT2D eigenvalue weighted by Crippen LogP contribution is -2.59. The quantitative estimate of drug-likeness (QED) is 0.0730. The summed E-state index contributed by atoms with van der Waals surface area (Å²) >= 11 is 0. The van der Waals surface area contributed by atoms with E-state index >= 15 is 0 Å². The van der Waals surface area contributed by atoms with Crippen LogP contribution in [0.2, 0.25) is 18.1 Å². The molecule has 0 amide bonds. The molecule has 4 N–H and O–H groups in total. The largest absolute Gasteiger partial charge is 0.497 e. The number of nitrogens with zero attached hydrogens (tertiary/aromatic N) is 4. The first kappa shape index (κ1) is 40.5. The van der Waals surface area contributed by atoms with E-state index in [0.29, 0.717) is 43.7 Å². The number of nitrogens with one attached hydrogen (secondary N) is 2. The predicted molar refractivity (Wildman–Crippen MR) is 236 cm³/mol. The third kappa shape index (κ3) is 8.74. The molecule has 1 aliphatic rings. The monoisotopic (exact) mass is 797 g/mol. The van der Waals surface area contributed by atoms with Crippen molar-refractivity contribution in [2.24, 2.45) is 10.7 Å². The van der Waals surface area contributed by atoms with Gasteiger partial charge >= 0.3 is 0 Å². The fraction of sp³-hybridized carbons (Fsp3) is 0.326. The number of aliphatic imine (C=N–C) groups is 1. The van der Waals surface area contributed by atoms with Crippen molar-refractivity contribution in [3.8, 4) is 34.1 Å². The molecule has 0 fully saturated rings. The third-order valence-corrected chi connectivity index (χ3v) is 15.8. The topological polar surface area (TPSA) is 130 Å². The van der Waals surface area contributed by atoms with E-state index in [1.54, 1.807) is 26.6 Å². The fourth-order valence-corrected chi connectivity index (χ4v) is 8.07. The number of para-hydroxylation sites is 1. The van der Waals surface area contributed by atoms with Gasteiger partial charge in [-0.3, -0.25) is 15.0 Å². The summed E-state index contributed by atoms with van der Waals surface area (Å²) in [4.78, 5) is 13.9. The Balaban J connectivity index is 1.21. The van der Waals surface area contributed by atoms with E-state index in [0.717, 1.165) is 68.0 Å². The molecule has 1 atom stereocenters. The molecular formula is C46H55N7O4Si. The summed E-state index contributed by atoms with van der Waals surface area (Å²) in [5.41, 5.74) is 14.3. The van der Waals surface area contributed by atoms with Crippen LogP contribution in [0.15, 0.2) is 109 Å². The number of methoxy groups -OCH3 is 1. The number of benzene rings is 3. The lowest BCUT2D eigenvalue weighted by atomic mass is 9.88. The second-order valence-corrected chi connectivity index (χ2v) is 21.3. The first-order chi connectivity index (χ1) is 27.8. The summed E-state index contributed by atoms with van der Waals surface area (Å²) in [6, 6.07) is 26.5. The van der Waals surface area contributed by atoms with Crippen LogP contribution in [0.1, 0.15) is 49.4 Å². The van der Waals surface area contributed by atoms with Gasteiger partial charge in [-0.05, 0) is 89.8 Å². The maximum Gasteiger partial charge on any atom is 0.198 e. The number of rotatable bonds is 14. The number of aryl methyl sites for hydroxylation is 1. The number of aromatic nitrogens is 3. The lowest BCUT2D eigenvalue weighted by Gasteiger charge is -2.38. The van der Waals surface area contributed by atoms with Gasteiger partial charge in [0.25, 0.3) is 0 Å². The normalized spacial score (nSPS) is 16.1. The average Bonchev–Trinajstić information content (AvgIpc) is 3.60. The van der Waals surface area contributed by atoms with E-state index in [9.17, 15) is 0 Å². The molecular weight excluding hydrogens is 743 g/mol. The van der Waals surface area contributed by atoms with Crippen molar-refractivity contribution in [3.05, 3.63) is 126 Å². The smallest absolute Gasteiger partial charge is 0.198 e. The van der Waals surface area contributed by atoms with Crippen LogP contribution < -0.4 is 30.6 Å². The van der Waals surface area contributed by atoms with Crippen molar-refractivity contribution in [1.29, 1.82) is 0 Å². The van der Waals surface area contributed by atoms with Gasteiger partial charge in [-0.1, -0.05) is 57.2 Å². The van der Waals surface area contributed by atoms with Crippen LogP contribution in [0.3, 0.4) is 0 Å². The molecule has 4 heterocycles. The molecule has 11 nitrogen and oxygen atoms in total. The van der Waals surface area contributed by atoms with Crippen LogP contribution in [-0.4, -0.2) is 56.2 Å². The average molecular weight is 798 g/mol. The van der Waals surface area contributed by atoms with Crippen LogP contribution in [0.5, 0.6) is 17.2 Å². The molecule has 58 heavy (non-hydrogen) atoms. The molecule has 0 bridgehead atoms. The molecule has 302 valence electrons. The Kier molecular flexibility index (Phi) is 11.6. The Morgan fingerprint density at radius 3 is 2.40 bits per heavy atom. The van der Waals surface area contributed by atoms with E-state index in [1.165, 1.54) is 0 Å².